The molecule has 1 heterocycles. The smallest absolute Gasteiger partial charge is 0.278 e. The van der Waals surface area contributed by atoms with Gasteiger partial charge in [0.15, 0.2) is 0 Å². The highest BCUT2D eigenvalue weighted by Gasteiger charge is 2.39. The summed E-state index contributed by atoms with van der Waals surface area (Å²) in [6.45, 7) is 2.62. The standard InChI is InChI=1S/C25H22N2O3S/c1-2-30-21-16-10-9-15-20(21)26-22-23(31-19-13-7-4-8-14-19)25(29)27(24(22)28)17-18-11-5-3-6-12-18/h3-16,26H,2,17H2,1H3. The predicted molar refractivity (Wildman–Crippen MR) is 123 cm³/mol. The number of rotatable bonds is 8. The van der Waals surface area contributed by atoms with E-state index < -0.39 is 0 Å². The van der Waals surface area contributed by atoms with Gasteiger partial charge in [-0.2, -0.15) is 0 Å². The molecule has 5 nitrogen and oxygen atoms in total. The molecule has 0 bridgehead atoms. The lowest BCUT2D eigenvalue weighted by atomic mass is 10.2. The minimum Gasteiger partial charge on any atom is -0.492 e. The molecule has 0 fully saturated rings. The minimum absolute atomic E-state index is 0.218. The van der Waals surface area contributed by atoms with Crippen molar-refractivity contribution in [1.29, 1.82) is 0 Å². The fraction of sp³-hybridized carbons (Fsp3) is 0.120. The van der Waals surface area contributed by atoms with E-state index in [-0.39, 0.29) is 24.1 Å². The molecule has 3 aromatic carbocycles. The summed E-state index contributed by atoms with van der Waals surface area (Å²) in [5, 5.41) is 3.18. The van der Waals surface area contributed by atoms with Crippen LogP contribution in [0.15, 0.2) is 100 Å². The van der Waals surface area contributed by atoms with Crippen LogP contribution in [0.25, 0.3) is 0 Å². The van der Waals surface area contributed by atoms with Crippen molar-refractivity contribution < 1.29 is 14.3 Å². The van der Waals surface area contributed by atoms with Crippen LogP contribution in [0.3, 0.4) is 0 Å². The molecule has 6 heteroatoms. The number of hydrogen-bond donors (Lipinski definition) is 1. The highest BCUT2D eigenvalue weighted by atomic mass is 32.2. The Morgan fingerprint density at radius 2 is 1.48 bits per heavy atom. The van der Waals surface area contributed by atoms with Crippen molar-refractivity contribution in [3.05, 3.63) is 101 Å². The molecule has 0 spiro atoms. The van der Waals surface area contributed by atoms with E-state index in [0.717, 1.165) is 10.5 Å². The van der Waals surface area contributed by atoms with Crippen LogP contribution in [0.1, 0.15) is 12.5 Å². The molecule has 0 aromatic heterocycles. The molecular weight excluding hydrogens is 408 g/mol. The number of ether oxygens (including phenoxy) is 1. The average Bonchev–Trinajstić information content (AvgIpc) is 3.01. The Morgan fingerprint density at radius 3 is 2.19 bits per heavy atom. The van der Waals surface area contributed by atoms with Crippen LogP contribution in [0, 0.1) is 0 Å². The predicted octanol–water partition coefficient (Wildman–Crippen LogP) is 5.07. The second kappa shape index (κ2) is 9.53. The number of anilines is 1. The van der Waals surface area contributed by atoms with Gasteiger partial charge < -0.3 is 10.1 Å². The number of para-hydroxylation sites is 2. The molecule has 0 atom stereocenters. The van der Waals surface area contributed by atoms with Gasteiger partial charge in [0.1, 0.15) is 16.4 Å². The first-order valence-electron chi connectivity index (χ1n) is 10.0. The SMILES string of the molecule is CCOc1ccccc1NC1=C(Sc2ccccc2)C(=O)N(Cc2ccccc2)C1=O. The first-order chi connectivity index (χ1) is 15.2. The second-order valence-corrected chi connectivity index (χ2v) is 7.94. The molecule has 4 rings (SSSR count). The van der Waals surface area contributed by atoms with Gasteiger partial charge in [0.05, 0.1) is 18.8 Å². The van der Waals surface area contributed by atoms with Crippen molar-refractivity contribution in [2.75, 3.05) is 11.9 Å². The zero-order valence-corrected chi connectivity index (χ0v) is 17.9. The molecule has 1 aliphatic heterocycles. The normalized spacial score (nSPS) is 13.6. The molecule has 3 aromatic rings. The third-order valence-corrected chi connectivity index (χ3v) is 5.81. The highest BCUT2D eigenvalue weighted by molar-refractivity contribution is 8.04. The van der Waals surface area contributed by atoms with Gasteiger partial charge in [-0.1, -0.05) is 72.4 Å². The zero-order chi connectivity index (χ0) is 21.6. The second-order valence-electron chi connectivity index (χ2n) is 6.86. The van der Waals surface area contributed by atoms with Crippen LogP contribution in [0.5, 0.6) is 5.75 Å². The van der Waals surface area contributed by atoms with Crippen LogP contribution in [-0.2, 0) is 16.1 Å². The highest BCUT2D eigenvalue weighted by Crippen LogP contribution is 2.37. The Bertz CT molecular complexity index is 1110. The number of thioether (sulfide) groups is 1. The maximum absolute atomic E-state index is 13.3. The van der Waals surface area contributed by atoms with Gasteiger partial charge in [-0.05, 0) is 36.8 Å². The summed E-state index contributed by atoms with van der Waals surface area (Å²) in [4.78, 5) is 29.2. The maximum Gasteiger partial charge on any atom is 0.278 e. The fourth-order valence-corrected chi connectivity index (χ4v) is 4.23. The summed E-state index contributed by atoms with van der Waals surface area (Å²) in [7, 11) is 0. The molecule has 31 heavy (non-hydrogen) atoms. The number of benzene rings is 3. The van der Waals surface area contributed by atoms with E-state index in [4.69, 9.17) is 4.74 Å². The van der Waals surface area contributed by atoms with E-state index >= 15 is 0 Å². The maximum atomic E-state index is 13.3. The zero-order valence-electron chi connectivity index (χ0n) is 17.1. The van der Waals surface area contributed by atoms with Gasteiger partial charge in [0, 0.05) is 4.90 Å². The van der Waals surface area contributed by atoms with Crippen LogP contribution >= 0.6 is 11.8 Å². The van der Waals surface area contributed by atoms with Crippen LogP contribution in [-0.4, -0.2) is 23.3 Å². The molecule has 156 valence electrons. The van der Waals surface area contributed by atoms with Gasteiger partial charge in [-0.3, -0.25) is 14.5 Å². The number of nitrogens with zero attached hydrogens (tertiary/aromatic N) is 1. The number of hydrogen-bond acceptors (Lipinski definition) is 5. The molecule has 1 aliphatic rings. The quantitative estimate of drug-likeness (QED) is 0.506. The van der Waals surface area contributed by atoms with E-state index in [2.05, 4.69) is 5.32 Å². The van der Waals surface area contributed by atoms with Gasteiger partial charge >= 0.3 is 0 Å². The van der Waals surface area contributed by atoms with Gasteiger partial charge in [-0.25, -0.2) is 0 Å². The number of nitrogens with one attached hydrogen (secondary N) is 1. The largest absolute Gasteiger partial charge is 0.492 e. The number of imide groups is 1. The lowest BCUT2D eigenvalue weighted by Gasteiger charge is -2.16. The Labute approximate surface area is 185 Å². The van der Waals surface area contributed by atoms with E-state index in [1.165, 1.54) is 16.7 Å². The first-order valence-corrected chi connectivity index (χ1v) is 10.8. The van der Waals surface area contributed by atoms with Crippen LogP contribution in [0.4, 0.5) is 5.69 Å². The number of carbonyl (C=O) groups excluding carboxylic acids is 2. The molecule has 0 radical (unpaired) electrons. The lowest BCUT2D eigenvalue weighted by Crippen LogP contribution is -2.31. The average molecular weight is 431 g/mol. The summed E-state index contributed by atoms with van der Waals surface area (Å²) in [6, 6.07) is 26.5. The van der Waals surface area contributed by atoms with Crippen LogP contribution < -0.4 is 10.1 Å². The third kappa shape index (κ3) is 4.64. The molecule has 0 saturated heterocycles. The van der Waals surface area contributed by atoms with Crippen molar-refractivity contribution in [3.63, 3.8) is 0 Å². The summed E-state index contributed by atoms with van der Waals surface area (Å²) in [5.74, 6) is -0.0268. The summed E-state index contributed by atoms with van der Waals surface area (Å²) in [5.41, 5.74) is 1.80. The third-order valence-electron chi connectivity index (χ3n) is 4.72. The van der Waals surface area contributed by atoms with E-state index in [1.807, 2.05) is 91.9 Å². The van der Waals surface area contributed by atoms with Gasteiger partial charge in [0.25, 0.3) is 11.8 Å². The van der Waals surface area contributed by atoms with Crippen molar-refractivity contribution in [2.45, 2.75) is 18.4 Å². The topological polar surface area (TPSA) is 58.6 Å². The van der Waals surface area contributed by atoms with Crippen molar-refractivity contribution in [1.82, 2.24) is 4.90 Å². The number of amides is 2. The fourth-order valence-electron chi connectivity index (χ4n) is 3.26. The lowest BCUT2D eigenvalue weighted by molar-refractivity contribution is -0.137. The van der Waals surface area contributed by atoms with Crippen molar-refractivity contribution >= 4 is 29.3 Å². The van der Waals surface area contributed by atoms with E-state index in [0.29, 0.717) is 22.9 Å². The van der Waals surface area contributed by atoms with Gasteiger partial charge in [0.2, 0.25) is 0 Å². The van der Waals surface area contributed by atoms with Crippen molar-refractivity contribution in [3.8, 4) is 5.75 Å². The Kier molecular flexibility index (Phi) is 6.38. The molecule has 0 unspecified atom stereocenters. The number of carbonyl (C=O) groups is 2. The monoisotopic (exact) mass is 430 g/mol. The first kappa shape index (κ1) is 20.8. The minimum atomic E-state index is -0.349. The Balaban J connectivity index is 1.69. The molecule has 0 saturated carbocycles. The van der Waals surface area contributed by atoms with Crippen molar-refractivity contribution in [2.24, 2.45) is 0 Å². The summed E-state index contributed by atoms with van der Waals surface area (Å²) in [6.07, 6.45) is 0. The molecule has 0 aliphatic carbocycles. The molecule has 1 N–H and O–H groups in total. The van der Waals surface area contributed by atoms with Crippen LogP contribution in [0.2, 0.25) is 0 Å². The van der Waals surface area contributed by atoms with E-state index in [9.17, 15) is 9.59 Å². The summed E-state index contributed by atoms with van der Waals surface area (Å²) >= 11 is 1.29. The summed E-state index contributed by atoms with van der Waals surface area (Å²) < 4.78 is 5.68. The molecule has 2 amide bonds. The van der Waals surface area contributed by atoms with E-state index in [1.54, 1.807) is 0 Å². The van der Waals surface area contributed by atoms with Gasteiger partial charge in [-0.15, -0.1) is 0 Å². The Morgan fingerprint density at radius 1 is 0.839 bits per heavy atom. The molecular formula is C25H22N2O3S. The Hall–Kier alpha value is -3.51.